The molecule has 1 fully saturated rings. The Morgan fingerprint density at radius 3 is 2.48 bits per heavy atom. The molecule has 1 aliphatic carbocycles. The molecule has 3 aromatic rings. The van der Waals surface area contributed by atoms with Crippen LogP contribution in [0, 0.1) is 11.7 Å². The fourth-order valence-electron chi connectivity index (χ4n) is 3.84. The van der Waals surface area contributed by atoms with E-state index in [1.54, 1.807) is 18.3 Å². The minimum atomic E-state index is -0.289. The topological polar surface area (TPSA) is 71.1 Å². The van der Waals surface area contributed by atoms with Crippen LogP contribution in [0.15, 0.2) is 66.9 Å². The Morgan fingerprint density at radius 2 is 1.73 bits per heavy atom. The van der Waals surface area contributed by atoms with Gasteiger partial charge in [-0.2, -0.15) is 0 Å². The molecule has 0 aliphatic heterocycles. The standard InChI is InChI=1S/C27H28FN3O2/c1-18(20-10-12-22(28)13-11-20)15-25(32)30-17-21-5-2-3-6-23(21)24-7-4-14-29-26(24)27(33)31-16-19-8-9-19/h2-7,10-14,18-19H,8-9,15-17H2,1H3,(H,30,32)(H,31,33). The lowest BCUT2D eigenvalue weighted by molar-refractivity contribution is -0.121. The molecule has 4 rings (SSSR count). The molecular formula is C27H28FN3O2. The molecule has 0 spiro atoms. The summed E-state index contributed by atoms with van der Waals surface area (Å²) in [7, 11) is 0. The number of halogens is 1. The first-order valence-electron chi connectivity index (χ1n) is 11.3. The molecule has 33 heavy (non-hydrogen) atoms. The van der Waals surface area contributed by atoms with Crippen molar-refractivity contribution in [3.8, 4) is 11.1 Å². The lowest BCUT2D eigenvalue weighted by atomic mass is 9.96. The number of nitrogens with zero attached hydrogens (tertiary/aromatic N) is 1. The molecule has 2 aromatic carbocycles. The lowest BCUT2D eigenvalue weighted by Crippen LogP contribution is -2.27. The van der Waals surface area contributed by atoms with Crippen molar-refractivity contribution in [2.75, 3.05) is 6.54 Å². The molecule has 6 heteroatoms. The van der Waals surface area contributed by atoms with Gasteiger partial charge in [0.2, 0.25) is 5.91 Å². The number of pyridine rings is 1. The number of hydrogen-bond donors (Lipinski definition) is 2. The van der Waals surface area contributed by atoms with Gasteiger partial charge in [-0.25, -0.2) is 4.39 Å². The number of carbonyl (C=O) groups excluding carboxylic acids is 2. The van der Waals surface area contributed by atoms with Gasteiger partial charge in [0.1, 0.15) is 11.5 Å². The van der Waals surface area contributed by atoms with Gasteiger partial charge in [-0.05, 0) is 59.6 Å². The summed E-state index contributed by atoms with van der Waals surface area (Å²) in [6.07, 6.45) is 4.25. The quantitative estimate of drug-likeness (QED) is 0.495. The predicted octanol–water partition coefficient (Wildman–Crippen LogP) is 4.84. The van der Waals surface area contributed by atoms with Crippen molar-refractivity contribution in [3.63, 3.8) is 0 Å². The van der Waals surface area contributed by atoms with E-state index >= 15 is 0 Å². The van der Waals surface area contributed by atoms with Crippen molar-refractivity contribution in [1.82, 2.24) is 15.6 Å². The summed E-state index contributed by atoms with van der Waals surface area (Å²) in [6, 6.07) is 17.6. The van der Waals surface area contributed by atoms with E-state index in [9.17, 15) is 14.0 Å². The molecule has 0 radical (unpaired) electrons. The van der Waals surface area contributed by atoms with Gasteiger partial charge in [-0.3, -0.25) is 14.6 Å². The third kappa shape index (κ3) is 6.04. The van der Waals surface area contributed by atoms with Gasteiger partial charge in [0.25, 0.3) is 5.91 Å². The van der Waals surface area contributed by atoms with E-state index < -0.39 is 0 Å². The maximum Gasteiger partial charge on any atom is 0.270 e. The SMILES string of the molecule is CC(CC(=O)NCc1ccccc1-c1cccnc1C(=O)NCC1CC1)c1ccc(F)cc1. The van der Waals surface area contributed by atoms with E-state index in [0.717, 1.165) is 35.1 Å². The highest BCUT2D eigenvalue weighted by atomic mass is 19.1. The molecule has 0 saturated heterocycles. The first kappa shape index (κ1) is 22.6. The molecule has 170 valence electrons. The highest BCUT2D eigenvalue weighted by molar-refractivity contribution is 5.99. The fraction of sp³-hybridized carbons (Fsp3) is 0.296. The minimum absolute atomic E-state index is 0.0269. The Kier molecular flexibility index (Phi) is 7.13. The molecule has 1 atom stereocenters. The normalized spacial score (nSPS) is 13.9. The second-order valence-electron chi connectivity index (χ2n) is 8.64. The van der Waals surface area contributed by atoms with Gasteiger partial charge >= 0.3 is 0 Å². The number of carbonyl (C=O) groups is 2. The molecule has 2 amide bonds. The Morgan fingerprint density at radius 1 is 1.00 bits per heavy atom. The molecule has 2 N–H and O–H groups in total. The van der Waals surface area contributed by atoms with E-state index in [2.05, 4.69) is 15.6 Å². The monoisotopic (exact) mass is 445 g/mol. The number of nitrogens with one attached hydrogen (secondary N) is 2. The number of rotatable bonds is 9. The molecule has 1 aliphatic rings. The summed E-state index contributed by atoms with van der Waals surface area (Å²) in [5, 5.41) is 5.97. The predicted molar refractivity (Wildman–Crippen MR) is 126 cm³/mol. The Hall–Kier alpha value is -3.54. The van der Waals surface area contributed by atoms with E-state index in [1.807, 2.05) is 43.3 Å². The molecule has 1 unspecified atom stereocenters. The van der Waals surface area contributed by atoms with Gasteiger partial charge in [-0.1, -0.05) is 49.4 Å². The first-order valence-corrected chi connectivity index (χ1v) is 11.3. The van der Waals surface area contributed by atoms with Gasteiger partial charge in [0, 0.05) is 31.3 Å². The van der Waals surface area contributed by atoms with Crippen molar-refractivity contribution in [2.24, 2.45) is 5.92 Å². The molecular weight excluding hydrogens is 417 g/mol. The van der Waals surface area contributed by atoms with E-state index in [-0.39, 0.29) is 23.5 Å². The van der Waals surface area contributed by atoms with Crippen LogP contribution in [0.1, 0.15) is 53.7 Å². The summed E-state index contributed by atoms with van der Waals surface area (Å²) >= 11 is 0. The summed E-state index contributed by atoms with van der Waals surface area (Å²) in [6.45, 7) is 2.96. The average molecular weight is 446 g/mol. The van der Waals surface area contributed by atoms with Gasteiger partial charge in [-0.15, -0.1) is 0 Å². The second kappa shape index (κ2) is 10.4. The summed E-state index contributed by atoms with van der Waals surface area (Å²) in [4.78, 5) is 29.7. The third-order valence-electron chi connectivity index (χ3n) is 5.99. The maximum atomic E-state index is 13.1. The molecule has 1 heterocycles. The zero-order valence-corrected chi connectivity index (χ0v) is 18.7. The van der Waals surface area contributed by atoms with Crippen LogP contribution in [0.3, 0.4) is 0 Å². The maximum absolute atomic E-state index is 13.1. The molecule has 1 aromatic heterocycles. The lowest BCUT2D eigenvalue weighted by Gasteiger charge is -2.15. The number of benzene rings is 2. The van der Waals surface area contributed by atoms with Crippen molar-refractivity contribution in [3.05, 3.63) is 89.5 Å². The number of amides is 2. The van der Waals surface area contributed by atoms with Crippen LogP contribution < -0.4 is 10.6 Å². The highest BCUT2D eigenvalue weighted by Crippen LogP contribution is 2.29. The van der Waals surface area contributed by atoms with Crippen LogP contribution in [-0.4, -0.2) is 23.3 Å². The van der Waals surface area contributed by atoms with E-state index in [1.165, 1.54) is 12.1 Å². The molecule has 0 bridgehead atoms. The Bertz CT molecular complexity index is 1130. The van der Waals surface area contributed by atoms with Crippen LogP contribution in [-0.2, 0) is 11.3 Å². The van der Waals surface area contributed by atoms with Crippen molar-refractivity contribution >= 4 is 11.8 Å². The van der Waals surface area contributed by atoms with Crippen LogP contribution in [0.2, 0.25) is 0 Å². The second-order valence-corrected chi connectivity index (χ2v) is 8.64. The molecule has 1 saturated carbocycles. The zero-order chi connectivity index (χ0) is 23.2. The van der Waals surface area contributed by atoms with Gasteiger partial charge in [0.05, 0.1) is 0 Å². The Labute approximate surface area is 193 Å². The van der Waals surface area contributed by atoms with Crippen LogP contribution >= 0.6 is 0 Å². The van der Waals surface area contributed by atoms with Gasteiger partial charge in [0.15, 0.2) is 0 Å². The smallest absolute Gasteiger partial charge is 0.270 e. The van der Waals surface area contributed by atoms with Crippen LogP contribution in [0.25, 0.3) is 11.1 Å². The van der Waals surface area contributed by atoms with E-state index in [4.69, 9.17) is 0 Å². The zero-order valence-electron chi connectivity index (χ0n) is 18.7. The van der Waals surface area contributed by atoms with Crippen LogP contribution in [0.5, 0.6) is 0 Å². The fourth-order valence-corrected chi connectivity index (χ4v) is 3.84. The first-order chi connectivity index (χ1) is 16.0. The van der Waals surface area contributed by atoms with Crippen molar-refractivity contribution in [1.29, 1.82) is 0 Å². The summed E-state index contributed by atoms with van der Waals surface area (Å²) in [5.74, 6) is 0.00419. The summed E-state index contributed by atoms with van der Waals surface area (Å²) < 4.78 is 13.1. The van der Waals surface area contributed by atoms with Crippen molar-refractivity contribution in [2.45, 2.75) is 38.6 Å². The molecule has 5 nitrogen and oxygen atoms in total. The van der Waals surface area contributed by atoms with Gasteiger partial charge < -0.3 is 10.6 Å². The number of hydrogen-bond acceptors (Lipinski definition) is 3. The Balaban J connectivity index is 1.44. The summed E-state index contributed by atoms with van der Waals surface area (Å²) in [5.41, 5.74) is 3.83. The van der Waals surface area contributed by atoms with Crippen LogP contribution in [0.4, 0.5) is 4.39 Å². The largest absolute Gasteiger partial charge is 0.352 e. The number of aromatic nitrogens is 1. The highest BCUT2D eigenvalue weighted by Gasteiger charge is 2.23. The van der Waals surface area contributed by atoms with E-state index in [0.29, 0.717) is 31.1 Å². The third-order valence-corrected chi connectivity index (χ3v) is 5.99. The minimum Gasteiger partial charge on any atom is -0.352 e. The average Bonchev–Trinajstić information content (AvgIpc) is 3.66. The van der Waals surface area contributed by atoms with Crippen molar-refractivity contribution < 1.29 is 14.0 Å².